The van der Waals surface area contributed by atoms with Crippen LogP contribution >= 0.6 is 0 Å². The summed E-state index contributed by atoms with van der Waals surface area (Å²) in [5.74, 6) is 0.159. The number of amides is 1. The second-order valence-corrected chi connectivity index (χ2v) is 12.0. The Morgan fingerprint density at radius 2 is 1.94 bits per heavy atom. The third-order valence-corrected chi connectivity index (χ3v) is 9.43. The third-order valence-electron chi connectivity index (χ3n) is 7.86. The van der Waals surface area contributed by atoms with Gasteiger partial charge in [0.05, 0.1) is 17.5 Å². The zero-order valence-corrected chi connectivity index (χ0v) is 18.8. The Morgan fingerprint density at radius 1 is 1.22 bits per heavy atom. The first-order valence-corrected chi connectivity index (χ1v) is 12.9. The molecule has 5 aliphatic rings. The molecule has 4 aliphatic carbocycles. The fraction of sp³-hybridized carbons (Fsp3) is 0.652. The quantitative estimate of drug-likeness (QED) is 0.678. The van der Waals surface area contributed by atoms with Gasteiger partial charge in [-0.3, -0.25) is 4.79 Å². The molecule has 172 valence electrons. The number of hydrogen-bond acceptors (Lipinski definition) is 5. The highest BCUT2D eigenvalue weighted by Gasteiger charge is 2.58. The van der Waals surface area contributed by atoms with E-state index in [9.17, 15) is 22.9 Å². The zero-order valence-electron chi connectivity index (χ0n) is 18.0. The molecule has 32 heavy (non-hydrogen) atoms. The number of nitriles is 1. The topological polar surface area (TPSA) is 102 Å². The van der Waals surface area contributed by atoms with Crippen LogP contribution < -0.4 is 10.0 Å². The van der Waals surface area contributed by atoms with Gasteiger partial charge in [0, 0.05) is 17.6 Å². The predicted molar refractivity (Wildman–Crippen MR) is 115 cm³/mol. The Bertz CT molecular complexity index is 1060. The van der Waals surface area contributed by atoms with Gasteiger partial charge in [0.1, 0.15) is 11.9 Å². The van der Waals surface area contributed by atoms with Crippen LogP contribution in [0.2, 0.25) is 0 Å². The van der Waals surface area contributed by atoms with Gasteiger partial charge in [-0.05, 0) is 81.4 Å². The summed E-state index contributed by atoms with van der Waals surface area (Å²) in [6.45, 7) is 0.790. The lowest BCUT2D eigenvalue weighted by Crippen LogP contribution is -2.69. The van der Waals surface area contributed by atoms with Crippen molar-refractivity contribution in [3.05, 3.63) is 30.1 Å². The molecule has 0 spiro atoms. The van der Waals surface area contributed by atoms with Gasteiger partial charge in [-0.2, -0.15) is 5.26 Å². The van der Waals surface area contributed by atoms with Crippen LogP contribution in [0.3, 0.4) is 0 Å². The maximum absolute atomic E-state index is 13.7. The summed E-state index contributed by atoms with van der Waals surface area (Å²) >= 11 is 0. The average Bonchev–Trinajstić information content (AvgIpc) is 3.19. The first kappa shape index (κ1) is 21.8. The van der Waals surface area contributed by atoms with E-state index in [-0.39, 0.29) is 28.9 Å². The number of carbonyl (C=O) groups excluding carboxylic acids is 1. The van der Waals surface area contributed by atoms with Crippen LogP contribution in [0.4, 0.5) is 4.39 Å². The molecule has 2 N–H and O–H groups in total. The van der Waals surface area contributed by atoms with E-state index in [0.29, 0.717) is 24.8 Å². The lowest BCUT2D eigenvalue weighted by atomic mass is 9.50. The molecule has 1 aromatic rings. The van der Waals surface area contributed by atoms with Crippen molar-refractivity contribution in [1.82, 2.24) is 14.9 Å². The Hall–Kier alpha value is -2.02. The van der Waals surface area contributed by atoms with Gasteiger partial charge in [0.25, 0.3) is 0 Å². The highest BCUT2D eigenvalue weighted by Crippen LogP contribution is 2.57. The minimum absolute atomic E-state index is 0.0537. The van der Waals surface area contributed by atoms with Crippen LogP contribution in [-0.4, -0.2) is 49.4 Å². The van der Waals surface area contributed by atoms with Crippen LogP contribution in [0.5, 0.6) is 0 Å². The van der Waals surface area contributed by atoms with Crippen molar-refractivity contribution in [1.29, 1.82) is 5.26 Å². The second kappa shape index (κ2) is 7.79. The lowest BCUT2D eigenvalue weighted by Gasteiger charge is -2.62. The first-order chi connectivity index (χ1) is 15.2. The molecule has 6 rings (SSSR count). The molecule has 0 radical (unpaired) electrons. The zero-order chi connectivity index (χ0) is 22.6. The Morgan fingerprint density at radius 3 is 2.62 bits per heavy atom. The van der Waals surface area contributed by atoms with Gasteiger partial charge in [-0.25, -0.2) is 17.5 Å². The van der Waals surface area contributed by atoms with Crippen molar-refractivity contribution >= 4 is 15.9 Å². The van der Waals surface area contributed by atoms with Crippen LogP contribution in [0.1, 0.15) is 51.4 Å². The van der Waals surface area contributed by atoms with Crippen molar-refractivity contribution in [2.45, 2.75) is 73.4 Å². The largest absolute Gasteiger partial charge is 0.326 e. The summed E-state index contributed by atoms with van der Waals surface area (Å²) < 4.78 is 42.8. The summed E-state index contributed by atoms with van der Waals surface area (Å²) in [5.41, 5.74) is -0.861. The fourth-order valence-electron chi connectivity index (χ4n) is 7.13. The molecule has 1 amide bonds. The number of nitrogens with one attached hydrogen (secondary N) is 2. The molecule has 1 heterocycles. The van der Waals surface area contributed by atoms with Gasteiger partial charge in [-0.15, -0.1) is 0 Å². The Balaban J connectivity index is 1.33. The molecule has 9 heteroatoms. The highest BCUT2D eigenvalue weighted by molar-refractivity contribution is 7.89. The number of hydrogen-bond donors (Lipinski definition) is 2. The van der Waals surface area contributed by atoms with Gasteiger partial charge in [0.15, 0.2) is 0 Å². The summed E-state index contributed by atoms with van der Waals surface area (Å²) in [6.07, 6.45) is 6.70. The van der Waals surface area contributed by atoms with Crippen LogP contribution in [0.25, 0.3) is 0 Å². The van der Waals surface area contributed by atoms with Crippen molar-refractivity contribution in [2.75, 3.05) is 13.1 Å². The SMILES string of the molecule is N#C[C@H]1CCCN1C(=O)CNC12CC3CC(C1)CC(NS(=O)(=O)c1cccc(F)c1)(C3)C2. The minimum Gasteiger partial charge on any atom is -0.326 e. The van der Waals surface area contributed by atoms with Crippen molar-refractivity contribution in [2.24, 2.45) is 11.8 Å². The normalized spacial score (nSPS) is 35.8. The van der Waals surface area contributed by atoms with E-state index < -0.39 is 21.4 Å². The van der Waals surface area contributed by atoms with Gasteiger partial charge >= 0.3 is 0 Å². The average molecular weight is 461 g/mol. The second-order valence-electron chi connectivity index (χ2n) is 10.3. The Labute approximate surface area is 188 Å². The van der Waals surface area contributed by atoms with E-state index >= 15 is 0 Å². The molecule has 2 unspecified atom stereocenters. The van der Waals surface area contributed by atoms with E-state index in [4.69, 9.17) is 0 Å². The van der Waals surface area contributed by atoms with E-state index in [0.717, 1.165) is 51.0 Å². The highest BCUT2D eigenvalue weighted by atomic mass is 32.2. The monoisotopic (exact) mass is 460 g/mol. The molecule has 4 bridgehead atoms. The molecule has 3 atom stereocenters. The number of carbonyl (C=O) groups is 1. The van der Waals surface area contributed by atoms with E-state index in [1.54, 1.807) is 4.90 Å². The molecular formula is C23H29FN4O3S. The van der Waals surface area contributed by atoms with Crippen molar-refractivity contribution < 1.29 is 17.6 Å². The molecule has 1 aromatic carbocycles. The third kappa shape index (κ3) is 3.93. The standard InChI is InChI=1S/C23H29FN4O3S/c24-18-3-1-5-20(8-18)32(30,31)27-23-11-16-7-17(12-23)10-22(9-16,15-23)26-14-21(29)28-6-2-4-19(28)13-25/h1,3,5,8,16-17,19,26-27H,2,4,6-7,9-12,14-15H2/t16?,17?,19-,22?,23?/m1/s1. The first-order valence-electron chi connectivity index (χ1n) is 11.5. The predicted octanol–water partition coefficient (Wildman–Crippen LogP) is 2.30. The summed E-state index contributed by atoms with van der Waals surface area (Å²) in [6, 6.07) is 6.98. The fourth-order valence-corrected chi connectivity index (χ4v) is 8.58. The number of halogens is 1. The smallest absolute Gasteiger partial charge is 0.241 e. The van der Waals surface area contributed by atoms with Crippen molar-refractivity contribution in [3.8, 4) is 6.07 Å². The van der Waals surface area contributed by atoms with E-state index in [1.165, 1.54) is 18.2 Å². The number of sulfonamides is 1. The van der Waals surface area contributed by atoms with Gasteiger partial charge < -0.3 is 10.2 Å². The molecule has 1 saturated heterocycles. The van der Waals surface area contributed by atoms with Crippen LogP contribution in [0, 0.1) is 29.0 Å². The molecule has 0 aromatic heterocycles. The van der Waals surface area contributed by atoms with Crippen molar-refractivity contribution in [3.63, 3.8) is 0 Å². The summed E-state index contributed by atoms with van der Waals surface area (Å²) in [5, 5.41) is 12.8. The number of rotatable bonds is 6. The number of likely N-dealkylation sites (tertiary alicyclic amines) is 1. The summed E-state index contributed by atoms with van der Waals surface area (Å²) in [4.78, 5) is 14.4. The van der Waals surface area contributed by atoms with Crippen LogP contribution in [-0.2, 0) is 14.8 Å². The molecule has 1 aliphatic heterocycles. The summed E-state index contributed by atoms with van der Waals surface area (Å²) in [7, 11) is -3.86. The number of benzene rings is 1. The van der Waals surface area contributed by atoms with E-state index in [1.807, 2.05) is 0 Å². The molecule has 4 saturated carbocycles. The van der Waals surface area contributed by atoms with Crippen LogP contribution in [0.15, 0.2) is 29.2 Å². The maximum atomic E-state index is 13.7. The molecular weight excluding hydrogens is 431 g/mol. The van der Waals surface area contributed by atoms with E-state index in [2.05, 4.69) is 16.1 Å². The Kier molecular flexibility index (Phi) is 5.31. The maximum Gasteiger partial charge on any atom is 0.241 e. The number of nitrogens with zero attached hydrogens (tertiary/aromatic N) is 2. The molecule has 5 fully saturated rings. The molecule has 7 nitrogen and oxygen atoms in total. The lowest BCUT2D eigenvalue weighted by molar-refractivity contribution is -0.131. The van der Waals surface area contributed by atoms with Gasteiger partial charge in [0.2, 0.25) is 15.9 Å². The van der Waals surface area contributed by atoms with Gasteiger partial charge in [-0.1, -0.05) is 6.07 Å². The minimum atomic E-state index is -3.86.